The Kier molecular flexibility index (Phi) is 7.66. The average Bonchev–Trinajstić information content (AvgIpc) is 3.08. The number of thiazole rings is 1. The number of benzene rings is 2. The first-order valence-electron chi connectivity index (χ1n) is 11.3. The lowest BCUT2D eigenvalue weighted by Crippen LogP contribution is -2.43. The van der Waals surface area contributed by atoms with Crippen molar-refractivity contribution in [2.75, 3.05) is 25.1 Å². The molecular formula is C26H28ClN3O3S. The van der Waals surface area contributed by atoms with E-state index in [4.69, 9.17) is 22.1 Å². The summed E-state index contributed by atoms with van der Waals surface area (Å²) in [5.74, 6) is -0.431. The van der Waals surface area contributed by atoms with Crippen LogP contribution in [0.4, 0.5) is 5.69 Å². The molecule has 2 heterocycles. The zero-order valence-corrected chi connectivity index (χ0v) is 20.9. The number of rotatable bonds is 6. The van der Waals surface area contributed by atoms with Gasteiger partial charge in [-0.15, -0.1) is 11.3 Å². The molecule has 0 spiro atoms. The van der Waals surface area contributed by atoms with Crippen LogP contribution in [0.25, 0.3) is 10.6 Å². The van der Waals surface area contributed by atoms with Gasteiger partial charge in [-0.05, 0) is 56.0 Å². The minimum absolute atomic E-state index is 0.00253. The van der Waals surface area contributed by atoms with E-state index >= 15 is 0 Å². The third-order valence-electron chi connectivity index (χ3n) is 6.26. The third-order valence-corrected chi connectivity index (χ3v) is 7.74. The van der Waals surface area contributed by atoms with Crippen LogP contribution in [0.3, 0.4) is 0 Å². The van der Waals surface area contributed by atoms with E-state index in [1.807, 2.05) is 49.4 Å². The second-order valence-electron chi connectivity index (χ2n) is 8.57. The number of methoxy groups -OCH3 is 1. The Morgan fingerprint density at radius 1 is 1.21 bits per heavy atom. The highest BCUT2D eigenvalue weighted by atomic mass is 35.5. The maximum atomic E-state index is 13.4. The maximum absolute atomic E-state index is 13.4. The molecule has 0 amide bonds. The summed E-state index contributed by atoms with van der Waals surface area (Å²) in [6.45, 7) is 3.36. The quantitative estimate of drug-likeness (QED) is 0.363. The Hall–Kier alpha value is -2.74. The van der Waals surface area contributed by atoms with Gasteiger partial charge in [-0.1, -0.05) is 36.2 Å². The topological polar surface area (TPSA) is 85.5 Å². The van der Waals surface area contributed by atoms with E-state index in [1.54, 1.807) is 6.07 Å². The summed E-state index contributed by atoms with van der Waals surface area (Å²) in [5.41, 5.74) is 9.66. The molecule has 0 saturated carbocycles. The van der Waals surface area contributed by atoms with Crippen molar-refractivity contribution < 1.29 is 14.3 Å². The number of halogens is 1. The van der Waals surface area contributed by atoms with Crippen LogP contribution in [0.5, 0.6) is 0 Å². The molecule has 1 fully saturated rings. The molecule has 6 nitrogen and oxygen atoms in total. The van der Waals surface area contributed by atoms with E-state index in [0.29, 0.717) is 27.7 Å². The van der Waals surface area contributed by atoms with Crippen LogP contribution in [-0.4, -0.2) is 43.0 Å². The first-order valence-corrected chi connectivity index (χ1v) is 12.5. The van der Waals surface area contributed by atoms with Crippen LogP contribution < -0.4 is 10.6 Å². The molecule has 8 heteroatoms. The Labute approximate surface area is 208 Å². The number of ketones is 1. The van der Waals surface area contributed by atoms with E-state index < -0.39 is 6.04 Å². The maximum Gasteiger partial charge on any atom is 0.337 e. The van der Waals surface area contributed by atoms with Crippen molar-refractivity contribution >= 4 is 40.4 Å². The number of carbonyl (C=O) groups excluding carboxylic acids is 2. The summed E-state index contributed by atoms with van der Waals surface area (Å²) in [6, 6.07) is 14.2. The van der Waals surface area contributed by atoms with E-state index in [-0.39, 0.29) is 17.7 Å². The number of nitrogens with two attached hydrogens (primary N) is 1. The van der Waals surface area contributed by atoms with Gasteiger partial charge in [0.15, 0.2) is 5.78 Å². The van der Waals surface area contributed by atoms with Crippen molar-refractivity contribution in [1.82, 2.24) is 4.98 Å². The second-order valence-corrected chi connectivity index (χ2v) is 10.0. The third kappa shape index (κ3) is 5.32. The molecule has 0 radical (unpaired) electrons. The van der Waals surface area contributed by atoms with Crippen molar-refractivity contribution in [2.45, 2.75) is 32.2 Å². The van der Waals surface area contributed by atoms with Gasteiger partial charge < -0.3 is 15.4 Å². The van der Waals surface area contributed by atoms with Crippen LogP contribution >= 0.6 is 22.9 Å². The minimum atomic E-state index is -0.624. The van der Waals surface area contributed by atoms with Crippen LogP contribution in [0, 0.1) is 12.8 Å². The van der Waals surface area contributed by atoms with Crippen molar-refractivity contribution in [3.63, 3.8) is 0 Å². The van der Waals surface area contributed by atoms with Crippen LogP contribution in [0.15, 0.2) is 48.5 Å². The van der Waals surface area contributed by atoms with Crippen molar-refractivity contribution in [2.24, 2.45) is 11.7 Å². The van der Waals surface area contributed by atoms with Gasteiger partial charge in [-0.3, -0.25) is 4.79 Å². The molecular weight excluding hydrogens is 470 g/mol. The molecule has 2 unspecified atom stereocenters. The van der Waals surface area contributed by atoms with Gasteiger partial charge in [0.05, 0.1) is 29.3 Å². The predicted molar refractivity (Wildman–Crippen MR) is 137 cm³/mol. The SMILES string of the molecule is COC(=O)c1cccc(N2CCCCC(C(N)C(=O)c3sc(-c4ccc(Cl)cc4)nc3C)C2)c1. The van der Waals surface area contributed by atoms with E-state index in [1.165, 1.54) is 18.4 Å². The molecule has 178 valence electrons. The molecule has 3 aromatic rings. The molecule has 1 aliphatic heterocycles. The number of aromatic nitrogens is 1. The lowest BCUT2D eigenvalue weighted by atomic mass is 9.91. The van der Waals surface area contributed by atoms with Gasteiger partial charge in [-0.25, -0.2) is 9.78 Å². The Balaban J connectivity index is 1.53. The summed E-state index contributed by atoms with van der Waals surface area (Å²) < 4.78 is 4.86. The molecule has 34 heavy (non-hydrogen) atoms. The number of anilines is 1. The summed E-state index contributed by atoms with van der Waals surface area (Å²) in [6.07, 6.45) is 2.87. The molecule has 0 aliphatic carbocycles. The molecule has 1 aliphatic rings. The van der Waals surface area contributed by atoms with Crippen LogP contribution in [0.1, 0.15) is 45.0 Å². The van der Waals surface area contributed by atoms with Gasteiger partial charge in [0.25, 0.3) is 0 Å². The van der Waals surface area contributed by atoms with Crippen molar-refractivity contribution in [3.05, 3.63) is 69.7 Å². The van der Waals surface area contributed by atoms with E-state index in [2.05, 4.69) is 9.88 Å². The number of nitrogens with zero attached hydrogens (tertiary/aromatic N) is 2. The molecule has 0 bridgehead atoms. The Morgan fingerprint density at radius 2 is 1.97 bits per heavy atom. The Bertz CT molecular complexity index is 1180. The fourth-order valence-electron chi connectivity index (χ4n) is 4.36. The number of aryl methyl sites for hydroxylation is 1. The number of Topliss-reactive ketones (excluding diaryl/α,β-unsaturated/α-hetero) is 1. The van der Waals surface area contributed by atoms with Crippen molar-refractivity contribution in [1.29, 1.82) is 0 Å². The molecule has 2 aromatic carbocycles. The highest BCUT2D eigenvalue weighted by molar-refractivity contribution is 7.17. The van der Waals surface area contributed by atoms with Gasteiger partial charge in [0.1, 0.15) is 5.01 Å². The van der Waals surface area contributed by atoms with Crippen molar-refractivity contribution in [3.8, 4) is 10.6 Å². The standard InChI is InChI=1S/C26H28ClN3O3S/c1-16-24(34-25(29-16)17-9-11-20(27)12-10-17)23(31)22(28)19-6-3-4-13-30(15-19)21-8-5-7-18(14-21)26(32)33-2/h5,7-12,14,19,22H,3-4,6,13,15,28H2,1-2H3. The first-order chi connectivity index (χ1) is 16.4. The summed E-state index contributed by atoms with van der Waals surface area (Å²) in [5, 5.41) is 1.44. The fraction of sp³-hybridized carbons (Fsp3) is 0.346. The van der Waals surface area contributed by atoms with Gasteiger partial charge in [0.2, 0.25) is 0 Å². The van der Waals surface area contributed by atoms with Crippen LogP contribution in [-0.2, 0) is 4.74 Å². The average molecular weight is 498 g/mol. The molecule has 4 rings (SSSR count). The normalized spacial score (nSPS) is 17.2. The minimum Gasteiger partial charge on any atom is -0.465 e. The summed E-state index contributed by atoms with van der Waals surface area (Å²) in [4.78, 5) is 32.9. The van der Waals surface area contributed by atoms with Crippen LogP contribution in [0.2, 0.25) is 5.02 Å². The fourth-order valence-corrected chi connectivity index (χ4v) is 5.54. The number of ether oxygens (including phenoxy) is 1. The second kappa shape index (κ2) is 10.7. The van der Waals surface area contributed by atoms with Gasteiger partial charge in [-0.2, -0.15) is 0 Å². The highest BCUT2D eigenvalue weighted by Gasteiger charge is 2.31. The van der Waals surface area contributed by atoms with Gasteiger partial charge in [0, 0.05) is 29.4 Å². The molecule has 2 N–H and O–H groups in total. The lowest BCUT2D eigenvalue weighted by molar-refractivity contribution is 0.0600. The number of carbonyl (C=O) groups is 2. The Morgan fingerprint density at radius 3 is 2.71 bits per heavy atom. The largest absolute Gasteiger partial charge is 0.465 e. The molecule has 1 aromatic heterocycles. The number of hydrogen-bond acceptors (Lipinski definition) is 7. The number of esters is 1. The molecule has 2 atom stereocenters. The van der Waals surface area contributed by atoms with Gasteiger partial charge >= 0.3 is 5.97 Å². The van der Waals surface area contributed by atoms with E-state index in [9.17, 15) is 9.59 Å². The lowest BCUT2D eigenvalue weighted by Gasteiger charge is -2.29. The zero-order chi connectivity index (χ0) is 24.2. The zero-order valence-electron chi connectivity index (χ0n) is 19.3. The highest BCUT2D eigenvalue weighted by Crippen LogP contribution is 2.32. The number of hydrogen-bond donors (Lipinski definition) is 1. The molecule has 1 saturated heterocycles. The summed E-state index contributed by atoms with van der Waals surface area (Å²) in [7, 11) is 1.38. The van der Waals surface area contributed by atoms with E-state index in [0.717, 1.165) is 42.1 Å². The smallest absolute Gasteiger partial charge is 0.337 e. The first kappa shape index (κ1) is 24.4. The summed E-state index contributed by atoms with van der Waals surface area (Å²) >= 11 is 7.38. The monoisotopic (exact) mass is 497 g/mol. The predicted octanol–water partition coefficient (Wildman–Crippen LogP) is 5.38.